The number of morpholine rings is 1. The van der Waals surface area contributed by atoms with Gasteiger partial charge in [0.1, 0.15) is 11.9 Å². The second-order valence-corrected chi connectivity index (χ2v) is 6.30. The molecule has 0 radical (unpaired) electrons. The number of rotatable bonds is 5. The molecule has 132 valence electrons. The maximum absolute atomic E-state index is 6.53. The van der Waals surface area contributed by atoms with Crippen LogP contribution in [0.2, 0.25) is 0 Å². The van der Waals surface area contributed by atoms with Crippen molar-refractivity contribution in [2.75, 3.05) is 19.7 Å². The molecule has 0 aliphatic carbocycles. The Labute approximate surface area is 153 Å². The van der Waals surface area contributed by atoms with E-state index in [1.807, 2.05) is 54.7 Å². The lowest BCUT2D eigenvalue weighted by Crippen LogP contribution is -2.43. The number of hydrogen-bond acceptors (Lipinski definition) is 4. The Hall–Kier alpha value is -2.69. The minimum absolute atomic E-state index is 0.0342. The van der Waals surface area contributed by atoms with Gasteiger partial charge in [0.2, 0.25) is 0 Å². The maximum Gasteiger partial charge on any atom is 0.151 e. The highest BCUT2D eigenvalue weighted by Gasteiger charge is 2.28. The fourth-order valence-electron chi connectivity index (χ4n) is 3.25. The Morgan fingerprint density at radius 2 is 1.85 bits per heavy atom. The molecule has 0 spiro atoms. The van der Waals surface area contributed by atoms with Crippen molar-refractivity contribution in [1.82, 2.24) is 10.3 Å². The quantitative estimate of drug-likeness (QED) is 0.762. The predicted molar refractivity (Wildman–Crippen MR) is 102 cm³/mol. The summed E-state index contributed by atoms with van der Waals surface area (Å²) in [5, 5.41) is 3.40. The number of aromatic nitrogens is 1. The molecule has 1 aromatic heterocycles. The van der Waals surface area contributed by atoms with Crippen LogP contribution in [0.3, 0.4) is 0 Å². The van der Waals surface area contributed by atoms with Gasteiger partial charge in [-0.25, -0.2) is 0 Å². The van der Waals surface area contributed by atoms with Crippen LogP contribution in [0.4, 0.5) is 0 Å². The summed E-state index contributed by atoms with van der Waals surface area (Å²) in [6.45, 7) is 2.35. The average Bonchev–Trinajstić information content (AvgIpc) is 2.74. The average molecular weight is 346 g/mol. The normalized spacial score (nSPS) is 18.2. The lowest BCUT2D eigenvalue weighted by Gasteiger charge is -2.32. The molecule has 4 nitrogen and oxygen atoms in total. The molecule has 3 aromatic rings. The molecular weight excluding hydrogens is 324 g/mol. The third-order valence-electron chi connectivity index (χ3n) is 4.54. The first-order valence-electron chi connectivity index (χ1n) is 8.95. The van der Waals surface area contributed by atoms with Gasteiger partial charge in [-0.1, -0.05) is 54.6 Å². The second kappa shape index (κ2) is 8.13. The van der Waals surface area contributed by atoms with Crippen molar-refractivity contribution in [2.45, 2.75) is 12.2 Å². The third kappa shape index (κ3) is 3.77. The van der Waals surface area contributed by atoms with Crippen LogP contribution in [-0.2, 0) is 4.74 Å². The summed E-state index contributed by atoms with van der Waals surface area (Å²) in [5.41, 5.74) is 3.19. The molecular formula is C22H22N2O2. The van der Waals surface area contributed by atoms with E-state index in [9.17, 15) is 0 Å². The van der Waals surface area contributed by atoms with E-state index in [-0.39, 0.29) is 12.2 Å². The Morgan fingerprint density at radius 3 is 2.62 bits per heavy atom. The summed E-state index contributed by atoms with van der Waals surface area (Å²) >= 11 is 0. The molecule has 4 heteroatoms. The van der Waals surface area contributed by atoms with Gasteiger partial charge in [-0.05, 0) is 17.7 Å². The Kier molecular flexibility index (Phi) is 5.24. The Morgan fingerprint density at radius 1 is 1.00 bits per heavy atom. The lowest BCUT2D eigenvalue weighted by atomic mass is 10.0. The van der Waals surface area contributed by atoms with Gasteiger partial charge in [-0.15, -0.1) is 0 Å². The summed E-state index contributed by atoms with van der Waals surface area (Å²) in [5.74, 6) is 0.837. The highest BCUT2D eigenvalue weighted by molar-refractivity contribution is 5.69. The minimum atomic E-state index is -0.179. The fourth-order valence-corrected chi connectivity index (χ4v) is 3.25. The van der Waals surface area contributed by atoms with Crippen molar-refractivity contribution >= 4 is 0 Å². The van der Waals surface area contributed by atoms with Gasteiger partial charge in [0.15, 0.2) is 6.10 Å². The number of ether oxygens (including phenoxy) is 2. The molecule has 1 unspecified atom stereocenters. The molecule has 0 amide bonds. The number of nitrogens with one attached hydrogen (secondary N) is 1. The number of pyridine rings is 1. The predicted octanol–water partition coefficient (Wildman–Crippen LogP) is 3.86. The first-order chi connectivity index (χ1) is 12.9. The van der Waals surface area contributed by atoms with E-state index in [2.05, 4.69) is 28.5 Å². The fraction of sp³-hybridized carbons (Fsp3) is 0.227. The molecule has 1 fully saturated rings. The molecule has 1 saturated heterocycles. The van der Waals surface area contributed by atoms with Crippen LogP contribution in [0.1, 0.15) is 11.7 Å². The van der Waals surface area contributed by atoms with Crippen LogP contribution in [0.25, 0.3) is 11.1 Å². The summed E-state index contributed by atoms with van der Waals surface area (Å²) in [6.07, 6.45) is 3.43. The van der Waals surface area contributed by atoms with E-state index < -0.39 is 0 Å². The van der Waals surface area contributed by atoms with E-state index in [1.165, 1.54) is 0 Å². The lowest BCUT2D eigenvalue weighted by molar-refractivity contribution is -0.0430. The SMILES string of the molecule is c1ccc(C(Oc2ccccc2-c2cccnc2)[C@@H]2CNCCO2)cc1. The monoisotopic (exact) mass is 346 g/mol. The van der Waals surface area contributed by atoms with Gasteiger partial charge in [0, 0.05) is 36.6 Å². The van der Waals surface area contributed by atoms with E-state index in [0.29, 0.717) is 6.61 Å². The van der Waals surface area contributed by atoms with E-state index in [0.717, 1.165) is 35.5 Å². The van der Waals surface area contributed by atoms with Crippen LogP contribution in [0.15, 0.2) is 79.1 Å². The van der Waals surface area contributed by atoms with Gasteiger partial charge in [0.05, 0.1) is 6.61 Å². The summed E-state index contributed by atoms with van der Waals surface area (Å²) < 4.78 is 12.5. The van der Waals surface area contributed by atoms with Gasteiger partial charge in [-0.3, -0.25) is 4.98 Å². The zero-order valence-corrected chi connectivity index (χ0v) is 14.5. The number of benzene rings is 2. The molecule has 0 saturated carbocycles. The van der Waals surface area contributed by atoms with E-state index in [1.54, 1.807) is 6.20 Å². The summed E-state index contributed by atoms with van der Waals surface area (Å²) in [7, 11) is 0. The molecule has 2 heterocycles. The molecule has 1 aliphatic heterocycles. The molecule has 4 rings (SSSR count). The first-order valence-corrected chi connectivity index (χ1v) is 8.95. The van der Waals surface area contributed by atoms with Gasteiger partial charge < -0.3 is 14.8 Å². The van der Waals surface area contributed by atoms with Crippen molar-refractivity contribution in [3.63, 3.8) is 0 Å². The molecule has 26 heavy (non-hydrogen) atoms. The highest BCUT2D eigenvalue weighted by atomic mass is 16.5. The zero-order valence-electron chi connectivity index (χ0n) is 14.5. The van der Waals surface area contributed by atoms with E-state index >= 15 is 0 Å². The summed E-state index contributed by atoms with van der Waals surface area (Å²) in [4.78, 5) is 4.24. The van der Waals surface area contributed by atoms with Crippen molar-refractivity contribution in [3.8, 4) is 16.9 Å². The van der Waals surface area contributed by atoms with Crippen molar-refractivity contribution in [2.24, 2.45) is 0 Å². The van der Waals surface area contributed by atoms with Crippen LogP contribution in [0.5, 0.6) is 5.75 Å². The molecule has 2 aromatic carbocycles. The van der Waals surface area contributed by atoms with E-state index in [4.69, 9.17) is 9.47 Å². The van der Waals surface area contributed by atoms with Crippen LogP contribution >= 0.6 is 0 Å². The first kappa shape index (κ1) is 16.8. The van der Waals surface area contributed by atoms with Crippen LogP contribution in [-0.4, -0.2) is 30.8 Å². The Bertz CT molecular complexity index is 818. The summed E-state index contributed by atoms with van der Waals surface area (Å²) in [6, 6.07) is 22.4. The molecule has 0 bridgehead atoms. The second-order valence-electron chi connectivity index (χ2n) is 6.30. The van der Waals surface area contributed by atoms with Crippen LogP contribution in [0, 0.1) is 0 Å². The zero-order chi connectivity index (χ0) is 17.6. The number of para-hydroxylation sites is 1. The molecule has 1 aliphatic rings. The van der Waals surface area contributed by atoms with Gasteiger partial charge >= 0.3 is 0 Å². The topological polar surface area (TPSA) is 43.4 Å². The third-order valence-corrected chi connectivity index (χ3v) is 4.54. The number of nitrogens with zero attached hydrogens (tertiary/aromatic N) is 1. The molecule has 2 atom stereocenters. The van der Waals surface area contributed by atoms with Gasteiger partial charge in [0.25, 0.3) is 0 Å². The highest BCUT2D eigenvalue weighted by Crippen LogP contribution is 2.34. The Balaban J connectivity index is 1.68. The smallest absolute Gasteiger partial charge is 0.151 e. The standard InChI is InChI=1S/C22H22N2O2/c1-2-7-17(8-3-1)22(21-16-24-13-14-25-21)26-20-11-5-4-10-19(20)18-9-6-12-23-15-18/h1-12,15,21-22,24H,13-14,16H2/t21-,22?/m0/s1. The number of hydrogen-bond donors (Lipinski definition) is 1. The van der Waals surface area contributed by atoms with Crippen molar-refractivity contribution in [3.05, 3.63) is 84.7 Å². The maximum atomic E-state index is 6.53. The molecule has 1 N–H and O–H groups in total. The minimum Gasteiger partial charge on any atom is -0.482 e. The van der Waals surface area contributed by atoms with Crippen LogP contribution < -0.4 is 10.1 Å². The largest absolute Gasteiger partial charge is 0.482 e. The van der Waals surface area contributed by atoms with Gasteiger partial charge in [-0.2, -0.15) is 0 Å². The van der Waals surface area contributed by atoms with Crippen molar-refractivity contribution < 1.29 is 9.47 Å². The van der Waals surface area contributed by atoms with Crippen molar-refractivity contribution in [1.29, 1.82) is 0 Å².